The maximum absolute atomic E-state index is 13.8. The van der Waals surface area contributed by atoms with Crippen LogP contribution in [0.1, 0.15) is 53.8 Å². The molecule has 0 saturated carbocycles. The lowest BCUT2D eigenvalue weighted by molar-refractivity contribution is 0.101. The zero-order valence-corrected chi connectivity index (χ0v) is 15.8. The first kappa shape index (κ1) is 19.1. The molecule has 1 aliphatic carbocycles. The molecule has 29 heavy (non-hydrogen) atoms. The molecule has 1 amide bonds. The van der Waals surface area contributed by atoms with Crippen LogP contribution < -0.4 is 5.32 Å². The number of carbonyl (C=O) groups excluding carboxylic acids is 1. The summed E-state index contributed by atoms with van der Waals surface area (Å²) in [5.74, 6) is -1.81. The second-order valence-corrected chi connectivity index (χ2v) is 7.01. The summed E-state index contributed by atoms with van der Waals surface area (Å²) < 4.78 is 33.1. The Labute approximate surface area is 167 Å². The summed E-state index contributed by atoms with van der Waals surface area (Å²) >= 11 is 0. The molecule has 0 spiro atoms. The van der Waals surface area contributed by atoms with E-state index < -0.39 is 23.1 Å². The Bertz CT molecular complexity index is 1020. The average molecular weight is 394 g/mol. The lowest BCUT2D eigenvalue weighted by Crippen LogP contribution is -2.15. The molecule has 0 radical (unpaired) electrons. The van der Waals surface area contributed by atoms with E-state index in [1.54, 1.807) is 18.3 Å². The van der Waals surface area contributed by atoms with Crippen LogP contribution in [-0.4, -0.2) is 10.9 Å². The van der Waals surface area contributed by atoms with Crippen LogP contribution in [-0.2, 0) is 0 Å². The SMILES string of the molecule is O=C(Nc1ccc(C2=C(c3cnco3)CCCCC2)cc1)c1c(F)cccc1F. The molecule has 1 aliphatic rings. The van der Waals surface area contributed by atoms with Gasteiger partial charge in [-0.1, -0.05) is 24.6 Å². The van der Waals surface area contributed by atoms with Crippen molar-refractivity contribution in [2.24, 2.45) is 0 Å². The molecule has 4 nitrogen and oxygen atoms in total. The van der Waals surface area contributed by atoms with E-state index in [0.717, 1.165) is 61.1 Å². The van der Waals surface area contributed by atoms with Gasteiger partial charge in [0.2, 0.25) is 0 Å². The summed E-state index contributed by atoms with van der Waals surface area (Å²) in [6, 6.07) is 10.6. The Morgan fingerprint density at radius 2 is 1.62 bits per heavy atom. The highest BCUT2D eigenvalue weighted by atomic mass is 19.1. The van der Waals surface area contributed by atoms with Crippen LogP contribution in [0.2, 0.25) is 0 Å². The highest BCUT2D eigenvalue weighted by Gasteiger charge is 2.19. The Hall–Kier alpha value is -3.28. The second-order valence-electron chi connectivity index (χ2n) is 7.01. The van der Waals surface area contributed by atoms with Gasteiger partial charge in [0.15, 0.2) is 12.2 Å². The highest BCUT2D eigenvalue weighted by molar-refractivity contribution is 6.04. The van der Waals surface area contributed by atoms with E-state index in [4.69, 9.17) is 4.42 Å². The van der Waals surface area contributed by atoms with Crippen molar-refractivity contribution < 1.29 is 18.0 Å². The number of amides is 1. The Kier molecular flexibility index (Phi) is 5.51. The van der Waals surface area contributed by atoms with Crippen LogP contribution in [0.25, 0.3) is 11.1 Å². The third-order valence-corrected chi connectivity index (χ3v) is 5.13. The smallest absolute Gasteiger partial charge is 0.261 e. The van der Waals surface area contributed by atoms with E-state index in [0.29, 0.717) is 5.69 Å². The van der Waals surface area contributed by atoms with Gasteiger partial charge in [-0.15, -0.1) is 0 Å². The first-order valence-electron chi connectivity index (χ1n) is 9.60. The molecule has 0 aliphatic heterocycles. The summed E-state index contributed by atoms with van der Waals surface area (Å²) in [5.41, 5.74) is 3.28. The number of nitrogens with zero attached hydrogens (tertiary/aromatic N) is 1. The Balaban J connectivity index is 1.59. The molecule has 0 atom stereocenters. The van der Waals surface area contributed by atoms with E-state index in [2.05, 4.69) is 10.3 Å². The Morgan fingerprint density at radius 1 is 0.931 bits per heavy atom. The quantitative estimate of drug-likeness (QED) is 0.583. The van der Waals surface area contributed by atoms with Crippen LogP contribution in [0, 0.1) is 11.6 Å². The maximum Gasteiger partial charge on any atom is 0.261 e. The predicted molar refractivity (Wildman–Crippen MR) is 107 cm³/mol. The molecular weight excluding hydrogens is 374 g/mol. The molecule has 2 aromatic carbocycles. The molecule has 3 aromatic rings. The van der Waals surface area contributed by atoms with Crippen molar-refractivity contribution >= 4 is 22.7 Å². The van der Waals surface area contributed by atoms with Crippen molar-refractivity contribution in [3.8, 4) is 0 Å². The first-order valence-corrected chi connectivity index (χ1v) is 9.60. The molecule has 0 unspecified atom stereocenters. The fourth-order valence-electron chi connectivity index (χ4n) is 3.70. The van der Waals surface area contributed by atoms with Crippen molar-refractivity contribution in [3.05, 3.63) is 83.6 Å². The number of hydrogen-bond acceptors (Lipinski definition) is 3. The fraction of sp³-hybridized carbons (Fsp3) is 0.217. The molecule has 0 saturated heterocycles. The normalized spacial score (nSPS) is 14.6. The molecule has 6 heteroatoms. The largest absolute Gasteiger partial charge is 0.444 e. The van der Waals surface area contributed by atoms with E-state index in [-0.39, 0.29) is 0 Å². The molecule has 4 rings (SSSR count). The number of rotatable bonds is 4. The molecule has 0 bridgehead atoms. The topological polar surface area (TPSA) is 55.1 Å². The Morgan fingerprint density at radius 3 is 2.28 bits per heavy atom. The van der Waals surface area contributed by atoms with Gasteiger partial charge in [0.25, 0.3) is 5.91 Å². The number of aromatic nitrogens is 1. The number of carbonyl (C=O) groups is 1. The van der Waals surface area contributed by atoms with Gasteiger partial charge in [-0.3, -0.25) is 4.79 Å². The van der Waals surface area contributed by atoms with Gasteiger partial charge in [0, 0.05) is 11.3 Å². The van der Waals surface area contributed by atoms with Crippen molar-refractivity contribution in [1.82, 2.24) is 4.98 Å². The minimum atomic E-state index is -0.889. The standard InChI is InChI=1S/C23H20F2N2O2/c24-19-7-4-8-20(25)22(19)23(28)27-16-11-9-15(10-12-16)17-5-2-1-3-6-18(17)21-13-26-14-29-21/h4,7-14H,1-3,5-6H2,(H,27,28). The number of hydrogen-bond donors (Lipinski definition) is 1. The van der Waals surface area contributed by atoms with Gasteiger partial charge in [-0.05, 0) is 61.1 Å². The van der Waals surface area contributed by atoms with Crippen molar-refractivity contribution in [1.29, 1.82) is 0 Å². The van der Waals surface area contributed by atoms with Gasteiger partial charge < -0.3 is 9.73 Å². The summed E-state index contributed by atoms with van der Waals surface area (Å²) in [6.07, 6.45) is 8.38. The van der Waals surface area contributed by atoms with Gasteiger partial charge in [0.05, 0.1) is 6.20 Å². The third-order valence-electron chi connectivity index (χ3n) is 5.13. The van der Waals surface area contributed by atoms with Crippen molar-refractivity contribution in [3.63, 3.8) is 0 Å². The number of oxazole rings is 1. The minimum Gasteiger partial charge on any atom is -0.444 e. The number of allylic oxidation sites excluding steroid dienone is 2. The lowest BCUT2D eigenvalue weighted by Gasteiger charge is -2.13. The maximum atomic E-state index is 13.8. The highest BCUT2D eigenvalue weighted by Crippen LogP contribution is 2.37. The number of benzene rings is 2. The summed E-state index contributed by atoms with van der Waals surface area (Å²) in [5, 5.41) is 2.56. The van der Waals surface area contributed by atoms with Crippen LogP contribution in [0.15, 0.2) is 59.5 Å². The molecule has 1 heterocycles. The third kappa shape index (κ3) is 4.11. The molecule has 148 valence electrons. The van der Waals surface area contributed by atoms with Gasteiger partial charge in [-0.25, -0.2) is 13.8 Å². The second kappa shape index (κ2) is 8.39. The van der Waals surface area contributed by atoms with E-state index in [9.17, 15) is 13.6 Å². The molecule has 1 aromatic heterocycles. The number of anilines is 1. The average Bonchev–Trinajstić information content (AvgIpc) is 3.13. The van der Waals surface area contributed by atoms with Gasteiger partial charge in [-0.2, -0.15) is 0 Å². The summed E-state index contributed by atoms with van der Waals surface area (Å²) in [7, 11) is 0. The zero-order valence-electron chi connectivity index (χ0n) is 15.8. The zero-order chi connectivity index (χ0) is 20.2. The van der Waals surface area contributed by atoms with Crippen LogP contribution in [0.5, 0.6) is 0 Å². The van der Waals surface area contributed by atoms with Crippen LogP contribution in [0.4, 0.5) is 14.5 Å². The van der Waals surface area contributed by atoms with E-state index in [1.807, 2.05) is 12.1 Å². The molecular formula is C23H20F2N2O2. The van der Waals surface area contributed by atoms with E-state index >= 15 is 0 Å². The number of nitrogens with one attached hydrogen (secondary N) is 1. The fourth-order valence-corrected chi connectivity index (χ4v) is 3.70. The first-order chi connectivity index (χ1) is 14.1. The molecule has 0 fully saturated rings. The van der Waals surface area contributed by atoms with Gasteiger partial charge >= 0.3 is 0 Å². The van der Waals surface area contributed by atoms with Crippen molar-refractivity contribution in [2.75, 3.05) is 5.32 Å². The minimum absolute atomic E-state index is 0.469. The van der Waals surface area contributed by atoms with Crippen LogP contribution >= 0.6 is 0 Å². The van der Waals surface area contributed by atoms with Crippen LogP contribution in [0.3, 0.4) is 0 Å². The lowest BCUT2D eigenvalue weighted by atomic mass is 9.94. The summed E-state index contributed by atoms with van der Waals surface area (Å²) in [6.45, 7) is 0. The monoisotopic (exact) mass is 394 g/mol. The summed E-state index contributed by atoms with van der Waals surface area (Å²) in [4.78, 5) is 16.3. The molecule has 1 N–H and O–H groups in total. The van der Waals surface area contributed by atoms with E-state index in [1.165, 1.54) is 18.0 Å². The van der Waals surface area contributed by atoms with Crippen molar-refractivity contribution in [2.45, 2.75) is 32.1 Å². The van der Waals surface area contributed by atoms with Gasteiger partial charge in [0.1, 0.15) is 17.2 Å². The predicted octanol–water partition coefficient (Wildman–Crippen LogP) is 6.08. The number of halogens is 2.